The molecular weight excluding hydrogens is 268 g/mol. The molecule has 116 valence electrons. The smallest absolute Gasteiger partial charge is 0.245 e. The van der Waals surface area contributed by atoms with Crippen LogP contribution in [0, 0.1) is 11.3 Å². The molecule has 0 spiro atoms. The number of fused-ring (bicyclic) bond motifs is 1. The van der Waals surface area contributed by atoms with E-state index in [4.69, 9.17) is 10.5 Å². The van der Waals surface area contributed by atoms with E-state index in [1.54, 1.807) is 4.68 Å². The first-order valence-electron chi connectivity index (χ1n) is 7.56. The Morgan fingerprint density at radius 2 is 2.33 bits per heavy atom. The molecule has 0 radical (unpaired) electrons. The highest BCUT2D eigenvalue weighted by molar-refractivity contribution is 6.00. The summed E-state index contributed by atoms with van der Waals surface area (Å²) in [5.41, 5.74) is 6.94. The maximum Gasteiger partial charge on any atom is 0.245 e. The van der Waals surface area contributed by atoms with Crippen LogP contribution in [0.15, 0.2) is 6.20 Å². The predicted octanol–water partition coefficient (Wildman–Crippen LogP) is 1.06. The number of amides is 1. The normalized spacial score (nSPS) is 33.4. The Kier molecular flexibility index (Phi) is 3.15. The molecule has 0 bridgehead atoms. The molecule has 3 unspecified atom stereocenters. The van der Waals surface area contributed by atoms with Gasteiger partial charge >= 0.3 is 0 Å². The lowest BCUT2D eigenvalue weighted by atomic mass is 9.48. The first-order valence-corrected chi connectivity index (χ1v) is 7.56. The third kappa shape index (κ3) is 1.78. The number of nitrogens with two attached hydrogens (primary N) is 1. The lowest BCUT2D eigenvalue weighted by Gasteiger charge is -2.60. The van der Waals surface area contributed by atoms with Gasteiger partial charge in [0.1, 0.15) is 5.54 Å². The van der Waals surface area contributed by atoms with Gasteiger partial charge in [-0.25, -0.2) is 0 Å². The minimum absolute atomic E-state index is 0.0905. The lowest BCUT2D eigenvalue weighted by Crippen LogP contribution is -2.79. The second-order valence-corrected chi connectivity index (χ2v) is 6.75. The number of hydrogen-bond acceptors (Lipinski definition) is 4. The largest absolute Gasteiger partial charge is 0.377 e. The summed E-state index contributed by atoms with van der Waals surface area (Å²) in [6.45, 7) is 6.74. The molecule has 1 saturated carbocycles. The van der Waals surface area contributed by atoms with Gasteiger partial charge in [-0.05, 0) is 12.8 Å². The molecule has 6 heteroatoms. The number of rotatable bonds is 3. The summed E-state index contributed by atoms with van der Waals surface area (Å²) in [5.74, 6) is -0.0174. The summed E-state index contributed by atoms with van der Waals surface area (Å²) < 4.78 is 7.45. The molecule has 2 heterocycles. The molecule has 3 atom stereocenters. The number of aromatic nitrogens is 2. The van der Waals surface area contributed by atoms with Crippen LogP contribution in [0.3, 0.4) is 0 Å². The molecule has 3 rings (SSSR count). The van der Waals surface area contributed by atoms with Crippen LogP contribution in [-0.2, 0) is 23.0 Å². The second-order valence-electron chi connectivity index (χ2n) is 6.75. The van der Waals surface area contributed by atoms with Crippen molar-refractivity contribution in [2.45, 2.75) is 45.3 Å². The van der Waals surface area contributed by atoms with E-state index in [0.29, 0.717) is 6.61 Å². The zero-order chi connectivity index (χ0) is 15.4. The number of nitrogens with zero attached hydrogens (tertiary/aromatic N) is 2. The number of anilines is 1. The minimum Gasteiger partial charge on any atom is -0.377 e. The quantitative estimate of drug-likeness (QED) is 0.873. The van der Waals surface area contributed by atoms with Crippen molar-refractivity contribution in [2.24, 2.45) is 24.1 Å². The summed E-state index contributed by atoms with van der Waals surface area (Å²) in [7, 11) is 1.85. The van der Waals surface area contributed by atoms with Gasteiger partial charge in [-0.3, -0.25) is 9.48 Å². The Morgan fingerprint density at radius 3 is 3.00 bits per heavy atom. The molecule has 0 aromatic carbocycles. The monoisotopic (exact) mass is 292 g/mol. The number of carbonyl (C=O) groups excluding carboxylic acids is 1. The average Bonchev–Trinajstić information content (AvgIpc) is 3.03. The van der Waals surface area contributed by atoms with Crippen LogP contribution in [0.5, 0.6) is 0 Å². The van der Waals surface area contributed by atoms with Gasteiger partial charge < -0.3 is 15.8 Å². The van der Waals surface area contributed by atoms with E-state index in [-0.39, 0.29) is 23.3 Å². The third-order valence-electron chi connectivity index (χ3n) is 5.32. The molecule has 1 aromatic rings. The van der Waals surface area contributed by atoms with Gasteiger partial charge in [-0.15, -0.1) is 0 Å². The van der Waals surface area contributed by atoms with Crippen molar-refractivity contribution in [3.8, 4) is 0 Å². The SMILES string of the molecule is CCc1nn(C)cc1NC(=O)C1(N)C2CCOC2C1(C)C. The molecular formula is C15H24N4O2. The summed E-state index contributed by atoms with van der Waals surface area (Å²) in [5, 5.41) is 7.34. The Labute approximate surface area is 125 Å². The molecule has 1 aliphatic heterocycles. The number of ether oxygens (including phenoxy) is 1. The average molecular weight is 292 g/mol. The maximum atomic E-state index is 12.8. The van der Waals surface area contributed by atoms with Crippen molar-refractivity contribution >= 4 is 11.6 Å². The first-order chi connectivity index (χ1) is 9.82. The van der Waals surface area contributed by atoms with E-state index >= 15 is 0 Å². The predicted molar refractivity (Wildman–Crippen MR) is 79.8 cm³/mol. The van der Waals surface area contributed by atoms with Crippen LogP contribution < -0.4 is 11.1 Å². The topological polar surface area (TPSA) is 82.2 Å². The highest BCUT2D eigenvalue weighted by Gasteiger charge is 2.71. The van der Waals surface area contributed by atoms with E-state index in [1.807, 2.05) is 34.0 Å². The Balaban J connectivity index is 1.85. The Morgan fingerprint density at radius 1 is 1.62 bits per heavy atom. The van der Waals surface area contributed by atoms with Gasteiger partial charge in [0.2, 0.25) is 5.91 Å². The fraction of sp³-hybridized carbons (Fsp3) is 0.733. The standard InChI is InChI=1S/C15H24N4O2/c1-5-10-11(8-19(4)18-10)17-13(20)15(16)9-6-7-21-12(9)14(15,2)3/h8-9,12H,5-7,16H2,1-4H3,(H,17,20). The number of carbonyl (C=O) groups is 1. The lowest BCUT2D eigenvalue weighted by molar-refractivity contribution is -0.170. The zero-order valence-corrected chi connectivity index (χ0v) is 13.1. The minimum atomic E-state index is -0.880. The van der Waals surface area contributed by atoms with E-state index in [2.05, 4.69) is 10.4 Å². The zero-order valence-electron chi connectivity index (χ0n) is 13.1. The summed E-state index contributed by atoms with van der Waals surface area (Å²) >= 11 is 0. The number of aryl methyl sites for hydroxylation is 2. The van der Waals surface area contributed by atoms with Gasteiger partial charge in [0, 0.05) is 31.2 Å². The molecule has 1 amide bonds. The van der Waals surface area contributed by atoms with Crippen LogP contribution in [-0.4, -0.2) is 33.9 Å². The Bertz CT molecular complexity index is 580. The van der Waals surface area contributed by atoms with Gasteiger partial charge in [-0.2, -0.15) is 5.10 Å². The van der Waals surface area contributed by atoms with E-state index in [0.717, 1.165) is 24.2 Å². The van der Waals surface area contributed by atoms with Crippen LogP contribution in [0.1, 0.15) is 32.9 Å². The molecule has 3 N–H and O–H groups in total. The van der Waals surface area contributed by atoms with Crippen LogP contribution >= 0.6 is 0 Å². The number of nitrogens with one attached hydrogen (secondary N) is 1. The fourth-order valence-corrected chi connectivity index (χ4v) is 3.97. The van der Waals surface area contributed by atoms with Gasteiger partial charge in [0.25, 0.3) is 0 Å². The third-order valence-corrected chi connectivity index (χ3v) is 5.32. The van der Waals surface area contributed by atoms with Crippen molar-refractivity contribution in [3.63, 3.8) is 0 Å². The van der Waals surface area contributed by atoms with Crippen molar-refractivity contribution in [2.75, 3.05) is 11.9 Å². The van der Waals surface area contributed by atoms with Crippen molar-refractivity contribution < 1.29 is 9.53 Å². The highest BCUT2D eigenvalue weighted by atomic mass is 16.5. The van der Waals surface area contributed by atoms with Gasteiger partial charge in [-0.1, -0.05) is 20.8 Å². The molecule has 21 heavy (non-hydrogen) atoms. The molecule has 2 aliphatic rings. The van der Waals surface area contributed by atoms with E-state index < -0.39 is 5.54 Å². The van der Waals surface area contributed by atoms with E-state index in [1.165, 1.54) is 0 Å². The second kappa shape index (κ2) is 4.55. The molecule has 6 nitrogen and oxygen atoms in total. The molecule has 1 aliphatic carbocycles. The summed E-state index contributed by atoms with van der Waals surface area (Å²) in [4.78, 5) is 12.8. The number of hydrogen-bond donors (Lipinski definition) is 2. The van der Waals surface area contributed by atoms with Crippen molar-refractivity contribution in [1.82, 2.24) is 9.78 Å². The van der Waals surface area contributed by atoms with Crippen LogP contribution in [0.4, 0.5) is 5.69 Å². The van der Waals surface area contributed by atoms with Crippen LogP contribution in [0.25, 0.3) is 0 Å². The van der Waals surface area contributed by atoms with E-state index in [9.17, 15) is 4.79 Å². The molecule has 2 fully saturated rings. The molecule has 1 saturated heterocycles. The van der Waals surface area contributed by atoms with Gasteiger partial charge in [0.15, 0.2) is 0 Å². The van der Waals surface area contributed by atoms with Gasteiger partial charge in [0.05, 0.1) is 17.5 Å². The van der Waals surface area contributed by atoms with Crippen molar-refractivity contribution in [1.29, 1.82) is 0 Å². The van der Waals surface area contributed by atoms with Crippen LogP contribution in [0.2, 0.25) is 0 Å². The van der Waals surface area contributed by atoms with Crippen molar-refractivity contribution in [3.05, 3.63) is 11.9 Å². The Hall–Kier alpha value is -1.40. The first kappa shape index (κ1) is 14.5. The summed E-state index contributed by atoms with van der Waals surface area (Å²) in [6.07, 6.45) is 3.54. The maximum absolute atomic E-state index is 12.8. The highest BCUT2D eigenvalue weighted by Crippen LogP contribution is 2.58. The molecule has 1 aromatic heterocycles. The fourth-order valence-electron chi connectivity index (χ4n) is 3.97. The summed E-state index contributed by atoms with van der Waals surface area (Å²) in [6, 6.07) is 0.